The Balaban J connectivity index is 2.04. The van der Waals surface area contributed by atoms with E-state index < -0.39 is 0 Å². The number of hydrogen-bond acceptors (Lipinski definition) is 5. The van der Waals surface area contributed by atoms with Gasteiger partial charge in [-0.15, -0.1) is 0 Å². The fraction of sp³-hybridized carbons (Fsp3) is 0.714. The third-order valence-electron chi connectivity index (χ3n) is 3.92. The molecule has 1 saturated carbocycles. The molecule has 106 valence electrons. The maximum Gasteiger partial charge on any atom is 0.204 e. The molecule has 5 heteroatoms. The zero-order valence-electron chi connectivity index (χ0n) is 12.1. The van der Waals surface area contributed by atoms with Gasteiger partial charge in [0.1, 0.15) is 6.33 Å². The van der Waals surface area contributed by atoms with E-state index in [0.717, 1.165) is 36.6 Å². The number of ether oxygens (including phenoxy) is 1. The van der Waals surface area contributed by atoms with E-state index in [1.807, 2.05) is 6.92 Å². The van der Waals surface area contributed by atoms with Crippen molar-refractivity contribution in [1.29, 1.82) is 0 Å². The summed E-state index contributed by atoms with van der Waals surface area (Å²) in [5.74, 6) is 3.78. The molecule has 0 radical (unpaired) electrons. The molecule has 2 atom stereocenters. The summed E-state index contributed by atoms with van der Waals surface area (Å²) in [5.41, 5.74) is 0. The lowest BCUT2D eigenvalue weighted by atomic mass is 9.98. The van der Waals surface area contributed by atoms with Crippen LogP contribution in [0.15, 0.2) is 6.33 Å². The average molecular weight is 264 g/mol. The van der Waals surface area contributed by atoms with Gasteiger partial charge in [0.15, 0.2) is 11.6 Å². The van der Waals surface area contributed by atoms with Crippen LogP contribution in [0.4, 0.5) is 11.6 Å². The van der Waals surface area contributed by atoms with Crippen LogP contribution < -0.4 is 15.4 Å². The van der Waals surface area contributed by atoms with Gasteiger partial charge in [-0.05, 0) is 25.2 Å². The van der Waals surface area contributed by atoms with Gasteiger partial charge in [-0.2, -0.15) is 0 Å². The van der Waals surface area contributed by atoms with Crippen LogP contribution in [0.2, 0.25) is 0 Å². The first kappa shape index (κ1) is 13.9. The van der Waals surface area contributed by atoms with Gasteiger partial charge in [-0.25, -0.2) is 9.97 Å². The highest BCUT2D eigenvalue weighted by Gasteiger charge is 2.23. The molecule has 1 heterocycles. The van der Waals surface area contributed by atoms with Crippen LogP contribution >= 0.6 is 0 Å². The molecular weight excluding hydrogens is 240 g/mol. The molecule has 1 aliphatic rings. The van der Waals surface area contributed by atoms with Crippen LogP contribution in [0, 0.1) is 11.8 Å². The van der Waals surface area contributed by atoms with E-state index in [-0.39, 0.29) is 0 Å². The van der Waals surface area contributed by atoms with Crippen LogP contribution in [0.25, 0.3) is 0 Å². The second-order valence-electron chi connectivity index (χ2n) is 5.18. The zero-order valence-corrected chi connectivity index (χ0v) is 12.1. The van der Waals surface area contributed by atoms with Gasteiger partial charge < -0.3 is 15.4 Å². The highest BCUT2D eigenvalue weighted by Crippen LogP contribution is 2.33. The minimum atomic E-state index is 0.704. The van der Waals surface area contributed by atoms with Gasteiger partial charge >= 0.3 is 0 Å². The Labute approximate surface area is 115 Å². The normalized spacial score (nSPS) is 22.3. The SMILES string of the molecule is CCNc1ncnc(NCC2CCCC2C)c1OC. The van der Waals surface area contributed by atoms with Gasteiger partial charge in [0, 0.05) is 13.1 Å². The van der Waals surface area contributed by atoms with Crippen molar-refractivity contribution in [3.05, 3.63) is 6.33 Å². The third-order valence-corrected chi connectivity index (χ3v) is 3.92. The van der Waals surface area contributed by atoms with Crippen molar-refractivity contribution >= 4 is 11.6 Å². The molecule has 0 bridgehead atoms. The highest BCUT2D eigenvalue weighted by molar-refractivity contribution is 5.63. The molecule has 1 fully saturated rings. The molecule has 0 aliphatic heterocycles. The van der Waals surface area contributed by atoms with Crippen molar-refractivity contribution in [3.63, 3.8) is 0 Å². The predicted octanol–water partition coefficient (Wildman–Crippen LogP) is 2.77. The molecule has 0 amide bonds. The van der Waals surface area contributed by atoms with E-state index >= 15 is 0 Å². The average Bonchev–Trinajstić information content (AvgIpc) is 2.82. The first-order valence-corrected chi connectivity index (χ1v) is 7.13. The van der Waals surface area contributed by atoms with Gasteiger partial charge in [-0.3, -0.25) is 0 Å². The molecular formula is C14H24N4O. The maximum atomic E-state index is 5.42. The Morgan fingerprint density at radius 2 is 2.00 bits per heavy atom. The predicted molar refractivity (Wildman–Crippen MR) is 77.7 cm³/mol. The largest absolute Gasteiger partial charge is 0.490 e. The number of aromatic nitrogens is 2. The summed E-state index contributed by atoms with van der Waals surface area (Å²) in [5, 5.41) is 6.61. The maximum absolute atomic E-state index is 5.42. The number of methoxy groups -OCH3 is 1. The van der Waals surface area contributed by atoms with E-state index in [2.05, 4.69) is 27.5 Å². The highest BCUT2D eigenvalue weighted by atomic mass is 16.5. The topological polar surface area (TPSA) is 59.1 Å². The van der Waals surface area contributed by atoms with E-state index in [9.17, 15) is 0 Å². The van der Waals surface area contributed by atoms with Crippen molar-refractivity contribution < 1.29 is 4.74 Å². The molecule has 0 saturated heterocycles. The zero-order chi connectivity index (χ0) is 13.7. The van der Waals surface area contributed by atoms with E-state index in [0.29, 0.717) is 5.75 Å². The molecule has 2 rings (SSSR count). The molecule has 5 nitrogen and oxygen atoms in total. The van der Waals surface area contributed by atoms with Crippen molar-refractivity contribution in [2.45, 2.75) is 33.1 Å². The van der Waals surface area contributed by atoms with Gasteiger partial charge in [0.25, 0.3) is 0 Å². The fourth-order valence-electron chi connectivity index (χ4n) is 2.74. The van der Waals surface area contributed by atoms with Crippen LogP contribution in [-0.2, 0) is 0 Å². The van der Waals surface area contributed by atoms with Gasteiger partial charge in [-0.1, -0.05) is 19.8 Å². The Hall–Kier alpha value is -1.52. The van der Waals surface area contributed by atoms with Crippen molar-refractivity contribution in [1.82, 2.24) is 9.97 Å². The van der Waals surface area contributed by atoms with Crippen molar-refractivity contribution in [2.24, 2.45) is 11.8 Å². The molecule has 0 spiro atoms. The van der Waals surface area contributed by atoms with Crippen LogP contribution in [0.1, 0.15) is 33.1 Å². The molecule has 1 aromatic rings. The summed E-state index contributed by atoms with van der Waals surface area (Å²) < 4.78 is 5.42. The van der Waals surface area contributed by atoms with E-state index in [1.165, 1.54) is 19.3 Å². The summed E-state index contributed by atoms with van der Waals surface area (Å²) in [7, 11) is 1.66. The molecule has 1 aromatic heterocycles. The summed E-state index contributed by atoms with van der Waals surface area (Å²) >= 11 is 0. The smallest absolute Gasteiger partial charge is 0.204 e. The van der Waals surface area contributed by atoms with Gasteiger partial charge in [0.2, 0.25) is 5.75 Å². The number of rotatable bonds is 6. The summed E-state index contributed by atoms with van der Waals surface area (Å²) in [6.07, 6.45) is 5.56. The molecule has 0 aromatic carbocycles. The van der Waals surface area contributed by atoms with Crippen molar-refractivity contribution in [3.8, 4) is 5.75 Å². The molecule has 2 unspecified atom stereocenters. The Kier molecular flexibility index (Phi) is 4.82. The molecule has 19 heavy (non-hydrogen) atoms. The number of nitrogens with zero attached hydrogens (tertiary/aromatic N) is 2. The number of nitrogens with one attached hydrogen (secondary N) is 2. The monoisotopic (exact) mass is 264 g/mol. The molecule has 1 aliphatic carbocycles. The Bertz CT molecular complexity index is 410. The van der Waals surface area contributed by atoms with Crippen molar-refractivity contribution in [2.75, 3.05) is 30.8 Å². The number of hydrogen-bond donors (Lipinski definition) is 2. The lowest BCUT2D eigenvalue weighted by Crippen LogP contribution is -2.18. The first-order valence-electron chi connectivity index (χ1n) is 7.13. The van der Waals surface area contributed by atoms with Crippen LogP contribution in [0.5, 0.6) is 5.75 Å². The van der Waals surface area contributed by atoms with E-state index in [4.69, 9.17) is 4.74 Å². The lowest BCUT2D eigenvalue weighted by molar-refractivity contribution is 0.411. The van der Waals surface area contributed by atoms with Gasteiger partial charge in [0.05, 0.1) is 7.11 Å². The fourth-order valence-corrected chi connectivity index (χ4v) is 2.74. The second-order valence-corrected chi connectivity index (χ2v) is 5.18. The second kappa shape index (κ2) is 6.59. The molecule has 2 N–H and O–H groups in total. The Morgan fingerprint density at radius 3 is 2.58 bits per heavy atom. The number of anilines is 2. The summed E-state index contributed by atoms with van der Waals surface area (Å²) in [6, 6.07) is 0. The van der Waals surface area contributed by atoms with Crippen LogP contribution in [0.3, 0.4) is 0 Å². The quantitative estimate of drug-likeness (QED) is 0.827. The van der Waals surface area contributed by atoms with E-state index in [1.54, 1.807) is 13.4 Å². The summed E-state index contributed by atoms with van der Waals surface area (Å²) in [6.45, 7) is 6.14. The third kappa shape index (κ3) is 3.28. The standard InChI is InChI=1S/C14H24N4O/c1-4-15-13-12(19-3)14(18-9-17-13)16-8-11-7-5-6-10(11)2/h9-11H,4-8H2,1-3H3,(H2,15,16,17,18). The van der Waals surface area contributed by atoms with Crippen LogP contribution in [-0.4, -0.2) is 30.2 Å². The minimum Gasteiger partial charge on any atom is -0.490 e. The Morgan fingerprint density at radius 1 is 1.26 bits per heavy atom. The first-order chi connectivity index (χ1) is 9.26. The summed E-state index contributed by atoms with van der Waals surface area (Å²) in [4.78, 5) is 8.50. The minimum absolute atomic E-state index is 0.704. The lowest BCUT2D eigenvalue weighted by Gasteiger charge is -2.18.